The Morgan fingerprint density at radius 1 is 1.36 bits per heavy atom. The van der Waals surface area contributed by atoms with Crippen molar-refractivity contribution in [1.29, 1.82) is 0 Å². The fourth-order valence-corrected chi connectivity index (χ4v) is 1.75. The van der Waals surface area contributed by atoms with Crippen LogP contribution in [0.5, 0.6) is 5.75 Å². The molecule has 1 saturated heterocycles. The number of nitrogens with two attached hydrogens (primary N) is 1. The third-order valence-electron chi connectivity index (χ3n) is 2.89. The zero-order valence-electron chi connectivity index (χ0n) is 11.8. The van der Waals surface area contributed by atoms with E-state index in [4.69, 9.17) is 10.5 Å². The van der Waals surface area contributed by atoms with Crippen LogP contribution in [0.3, 0.4) is 0 Å². The third-order valence-corrected chi connectivity index (χ3v) is 2.89. The summed E-state index contributed by atoms with van der Waals surface area (Å²) in [6, 6.07) is 5.25. The molecule has 124 valence electrons. The van der Waals surface area contributed by atoms with E-state index in [-0.39, 0.29) is 41.1 Å². The fraction of sp³-hybridized carbons (Fsp3) is 0.462. The second-order valence-corrected chi connectivity index (χ2v) is 5.20. The number of halogens is 4. The molecule has 22 heavy (non-hydrogen) atoms. The second kappa shape index (κ2) is 7.36. The Hall–Kier alpha value is -1.23. The Labute approximate surface area is 143 Å². The second-order valence-electron chi connectivity index (χ2n) is 5.20. The maximum absolute atomic E-state index is 12.0. The summed E-state index contributed by atoms with van der Waals surface area (Å²) in [6.45, 7) is 3.86. The summed E-state index contributed by atoms with van der Waals surface area (Å²) in [5.74, 6) is -0.0877. The van der Waals surface area contributed by atoms with E-state index in [2.05, 4.69) is 15.0 Å². The predicted octanol–water partition coefficient (Wildman–Crippen LogP) is 2.97. The molecule has 1 fully saturated rings. The Morgan fingerprint density at radius 3 is 2.41 bits per heavy atom. The van der Waals surface area contributed by atoms with Crippen LogP contribution in [0.15, 0.2) is 29.3 Å². The first-order chi connectivity index (χ1) is 9.76. The Bertz CT molecular complexity index is 516. The standard InChI is InChI=1S/C13H16F3N3O2.HI/c1-12(7-20-8-12)6-18-11(17)19-9-2-4-10(5-3-9)21-13(14,15)16;/h2-5H,6-8H2,1H3,(H3,17,18,19);1H. The van der Waals surface area contributed by atoms with Crippen molar-refractivity contribution in [2.75, 3.05) is 25.1 Å². The Kier molecular flexibility index (Phi) is 6.29. The van der Waals surface area contributed by atoms with E-state index >= 15 is 0 Å². The van der Waals surface area contributed by atoms with Gasteiger partial charge in [-0.25, -0.2) is 0 Å². The highest BCUT2D eigenvalue weighted by Gasteiger charge is 2.33. The molecular weight excluding hydrogens is 414 g/mol. The van der Waals surface area contributed by atoms with E-state index in [0.717, 1.165) is 0 Å². The molecule has 1 aliphatic rings. The van der Waals surface area contributed by atoms with Crippen LogP contribution in [-0.4, -0.2) is 32.1 Å². The molecule has 5 nitrogen and oxygen atoms in total. The number of rotatable bonds is 4. The molecule has 0 unspecified atom stereocenters. The van der Waals surface area contributed by atoms with Gasteiger partial charge in [0.25, 0.3) is 0 Å². The van der Waals surface area contributed by atoms with Crippen molar-refractivity contribution in [2.24, 2.45) is 16.1 Å². The number of nitrogens with zero attached hydrogens (tertiary/aromatic N) is 1. The predicted molar refractivity (Wildman–Crippen MR) is 87.6 cm³/mol. The fourth-order valence-electron chi connectivity index (χ4n) is 1.75. The molecule has 3 N–H and O–H groups in total. The number of guanidine groups is 1. The number of hydrogen-bond acceptors (Lipinski definition) is 3. The smallest absolute Gasteiger partial charge is 0.406 e. The van der Waals surface area contributed by atoms with Gasteiger partial charge in [-0.1, -0.05) is 6.92 Å². The molecule has 0 spiro atoms. The number of nitrogens with one attached hydrogen (secondary N) is 1. The quantitative estimate of drug-likeness (QED) is 0.437. The lowest BCUT2D eigenvalue weighted by molar-refractivity contribution is -0.274. The molecule has 0 atom stereocenters. The maximum Gasteiger partial charge on any atom is 0.573 e. The molecule has 0 aliphatic carbocycles. The molecule has 1 aliphatic heterocycles. The van der Waals surface area contributed by atoms with E-state index in [0.29, 0.717) is 25.4 Å². The van der Waals surface area contributed by atoms with Crippen LogP contribution in [0, 0.1) is 5.41 Å². The van der Waals surface area contributed by atoms with Crippen molar-refractivity contribution >= 4 is 35.6 Å². The summed E-state index contributed by atoms with van der Waals surface area (Å²) in [6.07, 6.45) is -4.70. The van der Waals surface area contributed by atoms with Crippen molar-refractivity contribution in [3.63, 3.8) is 0 Å². The summed E-state index contributed by atoms with van der Waals surface area (Å²) < 4.78 is 44.9. The topological polar surface area (TPSA) is 68.9 Å². The van der Waals surface area contributed by atoms with Crippen LogP contribution in [0.1, 0.15) is 6.92 Å². The van der Waals surface area contributed by atoms with Gasteiger partial charge < -0.3 is 20.5 Å². The van der Waals surface area contributed by atoms with Crippen molar-refractivity contribution < 1.29 is 22.6 Å². The molecule has 2 rings (SSSR count). The Morgan fingerprint density at radius 2 is 1.95 bits per heavy atom. The number of hydrogen-bond donors (Lipinski definition) is 2. The van der Waals surface area contributed by atoms with Crippen LogP contribution in [0.25, 0.3) is 0 Å². The summed E-state index contributed by atoms with van der Waals surface area (Å²) in [5, 5.41) is 2.80. The highest BCUT2D eigenvalue weighted by molar-refractivity contribution is 14.0. The highest BCUT2D eigenvalue weighted by atomic mass is 127. The van der Waals surface area contributed by atoms with Gasteiger partial charge in [-0.05, 0) is 24.3 Å². The van der Waals surface area contributed by atoms with Crippen LogP contribution in [-0.2, 0) is 4.74 Å². The van der Waals surface area contributed by atoms with Gasteiger partial charge in [0, 0.05) is 11.1 Å². The average Bonchev–Trinajstić information content (AvgIpc) is 2.35. The van der Waals surface area contributed by atoms with Crippen molar-refractivity contribution in [3.8, 4) is 5.75 Å². The molecule has 0 bridgehead atoms. The van der Waals surface area contributed by atoms with Gasteiger partial charge in [-0.2, -0.15) is 0 Å². The molecule has 1 aromatic rings. The van der Waals surface area contributed by atoms with Crippen molar-refractivity contribution in [1.82, 2.24) is 0 Å². The first-order valence-corrected chi connectivity index (χ1v) is 6.26. The minimum atomic E-state index is -4.70. The minimum Gasteiger partial charge on any atom is -0.406 e. The third kappa shape index (κ3) is 5.87. The van der Waals surface area contributed by atoms with E-state index in [1.54, 1.807) is 0 Å². The van der Waals surface area contributed by atoms with Crippen molar-refractivity contribution in [2.45, 2.75) is 13.3 Å². The lowest BCUT2D eigenvalue weighted by Crippen LogP contribution is -2.43. The largest absolute Gasteiger partial charge is 0.573 e. The first kappa shape index (κ1) is 18.8. The SMILES string of the molecule is CC1(CN=C(N)Nc2ccc(OC(F)(F)F)cc2)COC1.I. The zero-order valence-corrected chi connectivity index (χ0v) is 14.1. The molecule has 0 radical (unpaired) electrons. The lowest BCUT2D eigenvalue weighted by Gasteiger charge is -2.36. The minimum absolute atomic E-state index is 0. The number of alkyl halides is 3. The van der Waals surface area contributed by atoms with Gasteiger partial charge in [0.15, 0.2) is 5.96 Å². The lowest BCUT2D eigenvalue weighted by atomic mass is 9.89. The number of benzene rings is 1. The van der Waals surface area contributed by atoms with Crippen LogP contribution in [0.4, 0.5) is 18.9 Å². The molecule has 9 heteroatoms. The maximum atomic E-state index is 12.0. The molecule has 1 aromatic carbocycles. The van der Waals surface area contributed by atoms with E-state index in [9.17, 15) is 13.2 Å². The Balaban J connectivity index is 0.00000242. The summed E-state index contributed by atoms with van der Waals surface area (Å²) in [5.41, 5.74) is 6.26. The normalized spacial score (nSPS) is 17.2. The molecule has 0 aromatic heterocycles. The van der Waals surface area contributed by atoms with E-state index in [1.807, 2.05) is 6.92 Å². The average molecular weight is 431 g/mol. The van der Waals surface area contributed by atoms with Gasteiger partial charge in [0.2, 0.25) is 0 Å². The van der Waals surface area contributed by atoms with Gasteiger partial charge in [-0.15, -0.1) is 37.1 Å². The summed E-state index contributed by atoms with van der Waals surface area (Å²) >= 11 is 0. The highest BCUT2D eigenvalue weighted by Crippen LogP contribution is 2.26. The van der Waals surface area contributed by atoms with Gasteiger partial charge in [0.1, 0.15) is 5.75 Å². The number of anilines is 1. The first-order valence-electron chi connectivity index (χ1n) is 6.26. The molecule has 1 heterocycles. The number of ether oxygens (including phenoxy) is 2. The molecular formula is C13H17F3IN3O2. The van der Waals surface area contributed by atoms with Gasteiger partial charge in [-0.3, -0.25) is 4.99 Å². The van der Waals surface area contributed by atoms with Gasteiger partial charge in [0.05, 0.1) is 19.8 Å². The summed E-state index contributed by atoms with van der Waals surface area (Å²) in [7, 11) is 0. The summed E-state index contributed by atoms with van der Waals surface area (Å²) in [4.78, 5) is 4.19. The van der Waals surface area contributed by atoms with Crippen LogP contribution < -0.4 is 15.8 Å². The van der Waals surface area contributed by atoms with Crippen LogP contribution in [0.2, 0.25) is 0 Å². The van der Waals surface area contributed by atoms with Crippen molar-refractivity contribution in [3.05, 3.63) is 24.3 Å². The molecule has 0 saturated carbocycles. The number of aliphatic imine (C=N–C) groups is 1. The van der Waals surface area contributed by atoms with Crippen LogP contribution >= 0.6 is 24.0 Å². The monoisotopic (exact) mass is 431 g/mol. The van der Waals surface area contributed by atoms with E-state index in [1.165, 1.54) is 24.3 Å². The zero-order chi connectivity index (χ0) is 15.5. The molecule has 0 amide bonds. The van der Waals surface area contributed by atoms with E-state index < -0.39 is 6.36 Å². The van der Waals surface area contributed by atoms with Gasteiger partial charge >= 0.3 is 6.36 Å².